The van der Waals surface area contributed by atoms with E-state index in [-0.39, 0.29) is 161 Å². The molecule has 3 unspecified atom stereocenters. The fourth-order valence-electron chi connectivity index (χ4n) is 20.5. The number of aliphatic hydroxyl groups is 2. The first-order chi connectivity index (χ1) is 70.5. The van der Waals surface area contributed by atoms with E-state index < -0.39 is 216 Å². The van der Waals surface area contributed by atoms with Crippen molar-refractivity contribution >= 4 is 134 Å². The molecule has 0 radical (unpaired) electrons. The Morgan fingerprint density at radius 2 is 0.973 bits per heavy atom. The number of Topliss-reactive ketones (excluding diaryl/α,β-unsaturated/α-hetero) is 4. The fraction of sp³-hybridized carbons (Fsp3) is 0.476. The molecule has 0 saturated carbocycles. The van der Waals surface area contributed by atoms with Gasteiger partial charge in [-0.1, -0.05) is 63.9 Å². The van der Waals surface area contributed by atoms with E-state index in [1.165, 1.54) is 33.8 Å². The molecule has 4 aromatic heterocycles. The number of hydrogen-bond donors (Lipinski definition) is 12. The number of aliphatic carboxylic acids is 2. The molecule has 15 rings (SSSR count). The summed E-state index contributed by atoms with van der Waals surface area (Å²) in [6.45, 7) is 8.89. The number of benzene rings is 3. The number of ether oxygens (including phenoxy) is 2. The molecule has 6 aliphatic heterocycles. The molecule has 0 bridgehead atoms. The number of amides is 11. The van der Waals surface area contributed by atoms with Gasteiger partial charge < -0.3 is 81.6 Å². The van der Waals surface area contributed by atoms with Crippen LogP contribution in [0.25, 0.3) is 44.6 Å². The van der Waals surface area contributed by atoms with Crippen molar-refractivity contribution in [1.29, 1.82) is 0 Å². The van der Waals surface area contributed by atoms with Gasteiger partial charge in [0.2, 0.25) is 53.2 Å². The highest BCUT2D eigenvalue weighted by atomic mass is 19.1. The zero-order valence-electron chi connectivity index (χ0n) is 82.8. The van der Waals surface area contributed by atoms with Crippen LogP contribution in [0.1, 0.15) is 253 Å². The van der Waals surface area contributed by atoms with Gasteiger partial charge >= 0.3 is 23.9 Å². The van der Waals surface area contributed by atoms with Gasteiger partial charge in [-0.25, -0.2) is 28.3 Å². The Morgan fingerprint density at radius 1 is 0.514 bits per heavy atom. The number of cyclic esters (lactones) is 2. The van der Waals surface area contributed by atoms with Crippen LogP contribution in [0.4, 0.5) is 8.78 Å². The lowest BCUT2D eigenvalue weighted by molar-refractivity contribution is -0.172. The summed E-state index contributed by atoms with van der Waals surface area (Å²) in [4.78, 5) is 279. The Morgan fingerprint density at radius 3 is 1.45 bits per heavy atom. The van der Waals surface area contributed by atoms with Crippen molar-refractivity contribution in [1.82, 2.24) is 71.4 Å². The van der Waals surface area contributed by atoms with Gasteiger partial charge in [0.15, 0.2) is 34.3 Å². The van der Waals surface area contributed by atoms with Gasteiger partial charge in [0, 0.05) is 165 Å². The molecule has 11 amide bonds. The summed E-state index contributed by atoms with van der Waals surface area (Å²) < 4.78 is 44.3. The number of aromatic nitrogens is 4. The predicted molar refractivity (Wildman–Crippen MR) is 521 cm³/mol. The zero-order chi connectivity index (χ0) is 107. The topological polar surface area (TPSA) is 596 Å². The van der Waals surface area contributed by atoms with Crippen LogP contribution in [0, 0.1) is 37.3 Å². The maximum atomic E-state index is 15.5. The number of nitrogens with zero attached hydrogens (tertiary/aromatic N) is 6. The molecule has 8 aliphatic rings. The third kappa shape index (κ3) is 24.1. The van der Waals surface area contributed by atoms with E-state index in [0.29, 0.717) is 126 Å². The van der Waals surface area contributed by atoms with E-state index in [9.17, 15) is 121 Å². The highest BCUT2D eigenvalue weighted by Crippen LogP contribution is 2.49. The van der Waals surface area contributed by atoms with Gasteiger partial charge in [-0.2, -0.15) is 0 Å². The summed E-state index contributed by atoms with van der Waals surface area (Å²) in [5.74, 6) is -14.3. The van der Waals surface area contributed by atoms with Crippen molar-refractivity contribution in [3.8, 4) is 22.8 Å². The summed E-state index contributed by atoms with van der Waals surface area (Å²) >= 11 is 0. The SMILES string of the molecule is CC[C@@]1(O)C(=O)OCc2c1cc1n(c2=O)Cc2c-1nc1cc(F)c(C)c3c1c2C(NC(=O)CNC(=O)CCC(=O)CNC(=O)CCC(=O)[C@H](CC(=O)O)NC(=O)CCCCCN1C(=O)C=CC1=O)CC3.CC[C@@]1(O)C(=O)OCc2c1cc1n(c2=O)Cc2c-1nc1cc(F)c(C)c3c1c2[C@@H](NC(C)CNC(=O)[C@@H](CC(=O)CNC(=O)CCC(=O)[C@H](CC(=O)O)NC(=O)CCCCCN1C(=O)CC(C)C1=O)Cc1ccccc1)CC3. The van der Waals surface area contributed by atoms with Crippen LogP contribution in [0.5, 0.6) is 0 Å². The second kappa shape index (κ2) is 46.8. The molecule has 41 nitrogen and oxygen atoms in total. The second-order valence-electron chi connectivity index (χ2n) is 38.8. The molecule has 10 heterocycles. The van der Waals surface area contributed by atoms with Gasteiger partial charge in [0.25, 0.3) is 22.9 Å². The predicted octanol–water partition coefficient (Wildman–Crippen LogP) is 4.81. The number of nitrogens with one attached hydrogen (secondary N) is 8. The van der Waals surface area contributed by atoms with Crippen LogP contribution in [0.15, 0.2) is 76.3 Å². The average Bonchev–Trinajstić information content (AvgIpc) is 1.54. The molecule has 1 fully saturated rings. The smallest absolute Gasteiger partial charge is 0.343 e. The number of esters is 2. The second-order valence-corrected chi connectivity index (χ2v) is 38.8. The highest BCUT2D eigenvalue weighted by molar-refractivity contribution is 6.13. The largest absolute Gasteiger partial charge is 0.481 e. The molecular formula is C105H118F2N14O27. The van der Waals surface area contributed by atoms with Crippen molar-refractivity contribution in [3.63, 3.8) is 0 Å². The molecule has 1 saturated heterocycles. The number of aryl methyl sites for hydroxylation is 2. The molecular weight excluding hydrogens is 1930 g/mol. The van der Waals surface area contributed by atoms with E-state index in [0.717, 1.165) is 32.5 Å². The fourth-order valence-corrected chi connectivity index (χ4v) is 20.5. The number of ketones is 4. The Kier molecular flexibility index (Phi) is 34.4. The minimum Gasteiger partial charge on any atom is -0.481 e. The van der Waals surface area contributed by atoms with Crippen LogP contribution in [0.3, 0.4) is 0 Å². The minimum absolute atomic E-state index is 0.0282. The number of rotatable bonds is 47. The quantitative estimate of drug-likeness (QED) is 0.0138. The van der Waals surface area contributed by atoms with Crippen LogP contribution >= 0.6 is 0 Å². The van der Waals surface area contributed by atoms with Crippen molar-refractivity contribution in [3.05, 3.63) is 171 Å². The molecule has 0 spiro atoms. The maximum Gasteiger partial charge on any atom is 0.343 e. The number of imide groups is 2. The molecule has 12 N–H and O–H groups in total. The summed E-state index contributed by atoms with van der Waals surface area (Å²) in [5, 5.41) is 64.7. The number of carboxylic acids is 2. The summed E-state index contributed by atoms with van der Waals surface area (Å²) in [6, 6.07) is 10.8. The molecule has 7 aromatic rings. The first kappa shape index (κ1) is 109. The van der Waals surface area contributed by atoms with Crippen LogP contribution in [-0.4, -0.2) is 219 Å². The average molecular weight is 2050 g/mol. The monoisotopic (exact) mass is 2040 g/mol. The van der Waals surface area contributed by atoms with Crippen LogP contribution in [-0.2, 0) is 157 Å². The van der Waals surface area contributed by atoms with Crippen LogP contribution in [0.2, 0.25) is 0 Å². The summed E-state index contributed by atoms with van der Waals surface area (Å²) in [7, 11) is 0. The Hall–Kier alpha value is -15.0. The van der Waals surface area contributed by atoms with E-state index >= 15 is 8.78 Å². The first-order valence-corrected chi connectivity index (χ1v) is 49.8. The Labute approximate surface area is 846 Å². The number of pyridine rings is 4. The van der Waals surface area contributed by atoms with Crippen molar-refractivity contribution in [2.75, 3.05) is 39.3 Å². The third-order valence-electron chi connectivity index (χ3n) is 28.7. The van der Waals surface area contributed by atoms with E-state index in [1.54, 1.807) is 51.3 Å². The van der Waals surface area contributed by atoms with Gasteiger partial charge in [-0.3, -0.25) is 101 Å². The number of likely N-dealkylation sites (tertiary alicyclic amines) is 1. The summed E-state index contributed by atoms with van der Waals surface area (Å²) in [6.07, 6.45) is 2.99. The zero-order valence-corrected chi connectivity index (χ0v) is 82.8. The van der Waals surface area contributed by atoms with Crippen molar-refractivity contribution in [2.24, 2.45) is 11.8 Å². The normalized spacial score (nSPS) is 18.6. The molecule has 784 valence electrons. The maximum absolute atomic E-state index is 15.5. The number of fused-ring (bicyclic) bond motifs is 10. The van der Waals surface area contributed by atoms with E-state index in [1.807, 2.05) is 37.3 Å². The number of hydrogen-bond acceptors (Lipinski definition) is 28. The third-order valence-corrected chi connectivity index (χ3v) is 28.7. The lowest BCUT2D eigenvalue weighted by Crippen LogP contribution is -2.44. The Balaban J connectivity index is 0.000000235. The van der Waals surface area contributed by atoms with Gasteiger partial charge in [-0.15, -0.1) is 0 Å². The lowest BCUT2D eigenvalue weighted by Gasteiger charge is -2.32. The van der Waals surface area contributed by atoms with Gasteiger partial charge in [0.05, 0.1) is 109 Å². The lowest BCUT2D eigenvalue weighted by atomic mass is 9.81. The number of carboxylic acid groups (broad SMARTS) is 2. The molecule has 2 aliphatic carbocycles. The number of halogens is 2. The summed E-state index contributed by atoms with van der Waals surface area (Å²) in [5.41, 5.74) is 3.75. The Bertz CT molecular complexity index is 6800. The van der Waals surface area contributed by atoms with Gasteiger partial charge in [-0.05, 0) is 142 Å². The molecule has 9 atom stereocenters. The number of carbonyl (C=O) groups excluding carboxylic acids is 17. The van der Waals surface area contributed by atoms with Crippen LogP contribution < -0.4 is 53.7 Å². The highest BCUT2D eigenvalue weighted by Gasteiger charge is 2.49. The number of unbranched alkanes of at least 4 members (excludes halogenated alkanes) is 4. The molecule has 43 heteroatoms. The van der Waals surface area contributed by atoms with Gasteiger partial charge in [0.1, 0.15) is 24.8 Å². The first-order valence-electron chi connectivity index (χ1n) is 49.8. The van der Waals surface area contributed by atoms with Crippen molar-refractivity contribution < 1.29 is 130 Å². The molecule has 3 aromatic carbocycles. The van der Waals surface area contributed by atoms with E-state index in [4.69, 9.17) is 19.4 Å². The van der Waals surface area contributed by atoms with E-state index in [2.05, 4.69) is 42.5 Å². The minimum atomic E-state index is -2.06. The molecule has 148 heavy (non-hydrogen) atoms. The standard InChI is InChI=1S/C57H66FN7O13.C48H52FN7O14/c1-5-57(77)39-23-44-52-37(28-65(44)55(75)38(39)29-78-56(57)76)51-41(16-15-36-32(4)40(58)24-43(63-52)50(36)51)61-31(3)26-60-53(73)34(21-33-12-8-6-9-13-33)22-35(66)27-59-46(68)18-17-45(67)42(25-49(71)72)62-47(69)14-10-7-11-19-64-48(70)20-30(2)54(64)74;1-3-48(69)29-17-34-45-27(22-56(34)46(67)28(29)23-70-47(48)68)44-31(10-9-26-24(2)30(49)18-33(54-45)43(26)44)52-39(62)21-51-36(59)12-8-25(57)20-50-37(60)13-11-35(58)32(19-42(65)66)53-38(61)7-5-4-6-16-55-40(63)14-15-41(55)64/h6,8-9,12-13,23-24,30-31,34,41-42,61,77H,5,7,10-11,14-22,25-29H2,1-4H3,(H,59,68)(H,60,73)(H,62,69)(H,71,72);14-15,17-18,31-32,69H,3-13,16,19-23H2,1-2H3,(H,50,60)(H,51,59)(H,52,62)(H,53,61)(H,65,66)/t30?,31?,34-,41+,42+,57+;31?,32-,48-/m10/s1. The van der Waals surface area contributed by atoms with Crippen molar-refractivity contribution in [2.45, 2.75) is 270 Å². The number of carbonyl (C=O) groups is 19.